The van der Waals surface area contributed by atoms with Crippen LogP contribution in [-0.2, 0) is 27.3 Å². The summed E-state index contributed by atoms with van der Waals surface area (Å²) < 4.78 is 11.4. The molecule has 0 radical (unpaired) electrons. The van der Waals surface area contributed by atoms with Crippen molar-refractivity contribution in [3.8, 4) is 0 Å². The highest BCUT2D eigenvalue weighted by atomic mass is 79.9. The number of methoxy groups -OCH3 is 1. The lowest BCUT2D eigenvalue weighted by Crippen LogP contribution is -2.39. The number of carbonyl (C=O) groups excluding carboxylic acids is 2. The summed E-state index contributed by atoms with van der Waals surface area (Å²) in [5.74, 6) is -0.291. The number of likely N-dealkylation sites (tertiary alicyclic amines) is 1. The molecule has 142 valence electrons. The van der Waals surface area contributed by atoms with E-state index in [4.69, 9.17) is 9.47 Å². The predicted octanol–water partition coefficient (Wildman–Crippen LogP) is 4.19. The van der Waals surface area contributed by atoms with Crippen molar-refractivity contribution in [2.24, 2.45) is 5.41 Å². The number of esters is 1. The van der Waals surface area contributed by atoms with Gasteiger partial charge in [-0.05, 0) is 36.1 Å². The molecule has 0 bridgehead atoms. The Labute approximate surface area is 167 Å². The van der Waals surface area contributed by atoms with Crippen LogP contribution < -0.4 is 0 Å². The fourth-order valence-corrected chi connectivity index (χ4v) is 3.92. The van der Waals surface area contributed by atoms with Gasteiger partial charge >= 0.3 is 12.1 Å². The van der Waals surface area contributed by atoms with Gasteiger partial charge in [0, 0.05) is 17.6 Å². The molecule has 1 atom stereocenters. The van der Waals surface area contributed by atoms with Gasteiger partial charge in [-0.3, -0.25) is 4.79 Å². The lowest BCUT2D eigenvalue weighted by molar-refractivity contribution is -0.151. The number of nitrogens with zero attached hydrogens (tertiary/aromatic N) is 1. The van der Waals surface area contributed by atoms with Gasteiger partial charge in [0.25, 0.3) is 0 Å². The van der Waals surface area contributed by atoms with Gasteiger partial charge in [-0.15, -0.1) is 0 Å². The fraction of sp³-hybridized carbons (Fsp3) is 0.333. The lowest BCUT2D eigenvalue weighted by Gasteiger charge is -2.26. The molecule has 1 saturated heterocycles. The zero-order valence-corrected chi connectivity index (χ0v) is 16.8. The van der Waals surface area contributed by atoms with Gasteiger partial charge in [0.1, 0.15) is 6.61 Å². The predicted molar refractivity (Wildman–Crippen MR) is 105 cm³/mol. The smallest absolute Gasteiger partial charge is 0.410 e. The van der Waals surface area contributed by atoms with Crippen LogP contribution in [0.25, 0.3) is 0 Å². The zero-order chi connectivity index (χ0) is 19.3. The van der Waals surface area contributed by atoms with Crippen molar-refractivity contribution in [3.63, 3.8) is 0 Å². The van der Waals surface area contributed by atoms with E-state index in [2.05, 4.69) is 15.9 Å². The first-order chi connectivity index (χ1) is 13.0. The number of amides is 1. The second-order valence-electron chi connectivity index (χ2n) is 6.79. The molecule has 3 rings (SSSR count). The van der Waals surface area contributed by atoms with Crippen LogP contribution in [0.3, 0.4) is 0 Å². The highest BCUT2D eigenvalue weighted by Gasteiger charge is 2.47. The van der Waals surface area contributed by atoms with Crippen LogP contribution in [0, 0.1) is 5.41 Å². The van der Waals surface area contributed by atoms with E-state index in [1.54, 1.807) is 4.90 Å². The van der Waals surface area contributed by atoms with Crippen LogP contribution >= 0.6 is 15.9 Å². The third-order valence-electron chi connectivity index (χ3n) is 4.87. The third-order valence-corrected chi connectivity index (χ3v) is 5.36. The second-order valence-corrected chi connectivity index (χ2v) is 7.71. The minimum atomic E-state index is -0.749. The molecule has 0 saturated carbocycles. The minimum Gasteiger partial charge on any atom is -0.469 e. The first-order valence-corrected chi connectivity index (χ1v) is 9.60. The van der Waals surface area contributed by atoms with Crippen LogP contribution in [0.15, 0.2) is 59.1 Å². The summed E-state index contributed by atoms with van der Waals surface area (Å²) in [4.78, 5) is 26.6. The Kier molecular flexibility index (Phi) is 6.16. The summed E-state index contributed by atoms with van der Waals surface area (Å²) in [7, 11) is 1.39. The van der Waals surface area contributed by atoms with Gasteiger partial charge in [0.05, 0.1) is 12.5 Å². The Morgan fingerprint density at radius 3 is 2.56 bits per heavy atom. The summed E-state index contributed by atoms with van der Waals surface area (Å²) in [6, 6.07) is 17.4. The van der Waals surface area contributed by atoms with Crippen LogP contribution in [0.4, 0.5) is 4.79 Å². The van der Waals surface area contributed by atoms with Crippen molar-refractivity contribution >= 4 is 28.0 Å². The molecule has 0 N–H and O–H groups in total. The minimum absolute atomic E-state index is 0.215. The monoisotopic (exact) mass is 431 g/mol. The maximum atomic E-state index is 12.6. The van der Waals surface area contributed by atoms with Gasteiger partial charge in [-0.1, -0.05) is 58.4 Å². The molecule has 2 aromatic carbocycles. The van der Waals surface area contributed by atoms with E-state index in [1.165, 1.54) is 7.11 Å². The fourth-order valence-electron chi connectivity index (χ4n) is 3.48. The van der Waals surface area contributed by atoms with E-state index < -0.39 is 11.5 Å². The van der Waals surface area contributed by atoms with Crippen molar-refractivity contribution in [1.82, 2.24) is 4.90 Å². The van der Waals surface area contributed by atoms with Crippen LogP contribution in [-0.4, -0.2) is 37.2 Å². The lowest BCUT2D eigenvalue weighted by atomic mass is 9.81. The van der Waals surface area contributed by atoms with Crippen molar-refractivity contribution in [2.45, 2.75) is 19.4 Å². The molecule has 0 spiro atoms. The zero-order valence-electron chi connectivity index (χ0n) is 15.2. The van der Waals surface area contributed by atoms with Crippen molar-refractivity contribution in [2.75, 3.05) is 20.2 Å². The van der Waals surface area contributed by atoms with Crippen LogP contribution in [0.2, 0.25) is 0 Å². The topological polar surface area (TPSA) is 55.8 Å². The number of hydrogen-bond acceptors (Lipinski definition) is 4. The van der Waals surface area contributed by atoms with E-state index in [9.17, 15) is 9.59 Å². The number of ether oxygens (including phenoxy) is 2. The van der Waals surface area contributed by atoms with E-state index in [-0.39, 0.29) is 12.6 Å². The standard InChI is InChI=1S/C21H22BrNO4/c1-26-19(24)21(13-17-8-5-9-18(22)12-17)10-11-23(15-21)20(25)27-14-16-6-3-2-4-7-16/h2-9,12H,10-11,13-15H2,1H3. The molecule has 1 fully saturated rings. The summed E-state index contributed by atoms with van der Waals surface area (Å²) in [5, 5.41) is 0. The maximum absolute atomic E-state index is 12.6. The van der Waals surface area contributed by atoms with Gasteiger partial charge in [0.2, 0.25) is 0 Å². The Morgan fingerprint density at radius 1 is 1.11 bits per heavy atom. The molecule has 2 aromatic rings. The largest absolute Gasteiger partial charge is 0.469 e. The first kappa shape index (κ1) is 19.4. The number of rotatable bonds is 5. The van der Waals surface area contributed by atoms with Crippen molar-refractivity contribution < 1.29 is 19.1 Å². The molecule has 0 aliphatic carbocycles. The summed E-state index contributed by atoms with van der Waals surface area (Å²) in [6.45, 7) is 0.976. The van der Waals surface area contributed by atoms with Crippen molar-refractivity contribution in [1.29, 1.82) is 0 Å². The normalized spacial score (nSPS) is 19.0. The summed E-state index contributed by atoms with van der Waals surface area (Å²) in [6.07, 6.45) is 0.660. The van der Waals surface area contributed by atoms with E-state index in [1.807, 2.05) is 54.6 Å². The highest BCUT2D eigenvalue weighted by Crippen LogP contribution is 2.36. The molecule has 1 aliphatic heterocycles. The molecular weight excluding hydrogens is 410 g/mol. The van der Waals surface area contributed by atoms with Gasteiger partial charge in [-0.25, -0.2) is 4.79 Å². The maximum Gasteiger partial charge on any atom is 0.410 e. The van der Waals surface area contributed by atoms with Gasteiger partial charge in [-0.2, -0.15) is 0 Å². The molecule has 6 heteroatoms. The summed E-state index contributed by atoms with van der Waals surface area (Å²) >= 11 is 3.46. The Balaban J connectivity index is 1.68. The highest BCUT2D eigenvalue weighted by molar-refractivity contribution is 9.10. The molecule has 27 heavy (non-hydrogen) atoms. The Hall–Kier alpha value is -2.34. The number of halogens is 1. The van der Waals surface area contributed by atoms with Crippen molar-refractivity contribution in [3.05, 3.63) is 70.2 Å². The molecular formula is C21H22BrNO4. The van der Waals surface area contributed by atoms with Gasteiger partial charge in [0.15, 0.2) is 0 Å². The molecule has 1 aliphatic rings. The third kappa shape index (κ3) is 4.69. The number of carbonyl (C=O) groups is 2. The first-order valence-electron chi connectivity index (χ1n) is 8.81. The molecule has 1 amide bonds. The van der Waals surface area contributed by atoms with E-state index in [0.29, 0.717) is 25.9 Å². The molecule has 1 heterocycles. The van der Waals surface area contributed by atoms with Gasteiger partial charge < -0.3 is 14.4 Å². The number of hydrogen-bond donors (Lipinski definition) is 0. The number of benzene rings is 2. The van der Waals surface area contributed by atoms with E-state index in [0.717, 1.165) is 15.6 Å². The van der Waals surface area contributed by atoms with E-state index >= 15 is 0 Å². The second kappa shape index (κ2) is 8.57. The molecule has 1 unspecified atom stereocenters. The summed E-state index contributed by atoms with van der Waals surface area (Å²) in [5.41, 5.74) is 1.20. The SMILES string of the molecule is COC(=O)C1(Cc2cccc(Br)c2)CCN(C(=O)OCc2ccccc2)C1. The molecule has 0 aromatic heterocycles. The quantitative estimate of drug-likeness (QED) is 0.665. The van der Waals surface area contributed by atoms with Crippen LogP contribution in [0.1, 0.15) is 17.5 Å². The molecule has 5 nitrogen and oxygen atoms in total. The average molecular weight is 432 g/mol. The average Bonchev–Trinajstić information content (AvgIpc) is 3.11. The van der Waals surface area contributed by atoms with Crippen LogP contribution in [0.5, 0.6) is 0 Å². The Bertz CT molecular complexity index is 811. The Morgan fingerprint density at radius 2 is 1.85 bits per heavy atom.